The summed E-state index contributed by atoms with van der Waals surface area (Å²) in [7, 11) is 0. The van der Waals surface area contributed by atoms with Crippen LogP contribution in [0.3, 0.4) is 0 Å². The fraction of sp³-hybridized carbons (Fsp3) is 0.412. The van der Waals surface area contributed by atoms with E-state index in [-0.39, 0.29) is 6.04 Å². The van der Waals surface area contributed by atoms with E-state index in [2.05, 4.69) is 17.9 Å². The lowest BCUT2D eigenvalue weighted by molar-refractivity contribution is 0.194. The van der Waals surface area contributed by atoms with Crippen LogP contribution in [0.1, 0.15) is 31.4 Å². The van der Waals surface area contributed by atoms with Gasteiger partial charge in [0.15, 0.2) is 0 Å². The molecular weight excluding hydrogens is 248 g/mol. The van der Waals surface area contributed by atoms with Crippen molar-refractivity contribution in [3.63, 3.8) is 0 Å². The zero-order chi connectivity index (χ0) is 14.1. The molecule has 0 bridgehead atoms. The maximum atomic E-state index is 10.6. The van der Waals surface area contributed by atoms with Gasteiger partial charge in [0.2, 0.25) is 0 Å². The summed E-state index contributed by atoms with van der Waals surface area (Å²) in [6, 6.07) is 12.8. The van der Waals surface area contributed by atoms with Crippen LogP contribution in [0.5, 0.6) is 5.75 Å². The van der Waals surface area contributed by atoms with Gasteiger partial charge in [-0.2, -0.15) is 0 Å². The third-order valence-electron chi connectivity index (χ3n) is 4.57. The summed E-state index contributed by atoms with van der Waals surface area (Å²) in [6.45, 7) is 3.92. The number of hydrogen-bond acceptors (Lipinski definition) is 3. The molecule has 1 fully saturated rings. The third kappa shape index (κ3) is 2.17. The largest absolute Gasteiger partial charge is 0.507 e. The smallest absolute Gasteiger partial charge is 0.128 e. The molecule has 2 unspecified atom stereocenters. The quantitative estimate of drug-likeness (QED) is 0.901. The first-order chi connectivity index (χ1) is 9.72. The standard InChI is InChI=1S/C17H22N2O/c1-12(19-10-4-6-14(19)11-18)15-9-8-13-5-2-3-7-16(13)17(15)20/h2-3,5,7-9,12,14,20H,4,6,10-11,18H2,1H3. The first-order valence-corrected chi connectivity index (χ1v) is 7.39. The lowest BCUT2D eigenvalue weighted by Gasteiger charge is -2.30. The normalized spacial score (nSPS) is 21.4. The molecule has 0 spiro atoms. The van der Waals surface area contributed by atoms with E-state index < -0.39 is 0 Å². The molecule has 3 N–H and O–H groups in total. The molecule has 106 valence electrons. The van der Waals surface area contributed by atoms with Crippen molar-refractivity contribution in [2.45, 2.75) is 31.8 Å². The molecular formula is C17H22N2O. The van der Waals surface area contributed by atoms with Crippen LogP contribution in [0.2, 0.25) is 0 Å². The number of hydrogen-bond donors (Lipinski definition) is 2. The molecule has 0 amide bonds. The fourth-order valence-corrected chi connectivity index (χ4v) is 3.41. The minimum atomic E-state index is 0.204. The number of nitrogens with two attached hydrogens (primary N) is 1. The third-order valence-corrected chi connectivity index (χ3v) is 4.57. The van der Waals surface area contributed by atoms with Crippen molar-refractivity contribution in [2.24, 2.45) is 5.73 Å². The van der Waals surface area contributed by atoms with Gasteiger partial charge in [0.1, 0.15) is 5.75 Å². The molecule has 1 aliphatic heterocycles. The Morgan fingerprint density at radius 3 is 2.90 bits per heavy atom. The number of aromatic hydroxyl groups is 1. The van der Waals surface area contributed by atoms with Gasteiger partial charge in [0, 0.05) is 29.6 Å². The Bertz CT molecular complexity index is 611. The van der Waals surface area contributed by atoms with E-state index in [4.69, 9.17) is 5.73 Å². The van der Waals surface area contributed by atoms with E-state index in [0.717, 1.165) is 29.3 Å². The maximum Gasteiger partial charge on any atom is 0.128 e. The van der Waals surface area contributed by atoms with E-state index in [9.17, 15) is 5.11 Å². The number of likely N-dealkylation sites (tertiary alicyclic amines) is 1. The van der Waals surface area contributed by atoms with Gasteiger partial charge in [-0.1, -0.05) is 36.4 Å². The highest BCUT2D eigenvalue weighted by molar-refractivity contribution is 5.89. The van der Waals surface area contributed by atoms with E-state index >= 15 is 0 Å². The second kappa shape index (κ2) is 5.43. The van der Waals surface area contributed by atoms with Gasteiger partial charge in [0.05, 0.1) is 0 Å². The molecule has 2 atom stereocenters. The maximum absolute atomic E-state index is 10.6. The summed E-state index contributed by atoms with van der Waals surface area (Å²) in [5.74, 6) is 0.415. The molecule has 3 nitrogen and oxygen atoms in total. The lowest BCUT2D eigenvalue weighted by atomic mass is 9.99. The molecule has 2 aromatic rings. The molecule has 3 rings (SSSR count). The molecule has 3 heteroatoms. The predicted octanol–water partition coefficient (Wildman–Crippen LogP) is 3.03. The van der Waals surface area contributed by atoms with Crippen molar-refractivity contribution in [1.82, 2.24) is 4.90 Å². The summed E-state index contributed by atoms with van der Waals surface area (Å²) in [6.07, 6.45) is 2.36. The Labute approximate surface area is 120 Å². The number of rotatable bonds is 3. The van der Waals surface area contributed by atoms with Crippen LogP contribution >= 0.6 is 0 Å². The zero-order valence-corrected chi connectivity index (χ0v) is 11.9. The van der Waals surface area contributed by atoms with Crippen LogP contribution in [0, 0.1) is 0 Å². The molecule has 0 aromatic heterocycles. The van der Waals surface area contributed by atoms with E-state index in [1.54, 1.807) is 0 Å². The average Bonchev–Trinajstić information content (AvgIpc) is 2.96. The SMILES string of the molecule is CC(c1ccc2ccccc2c1O)N1CCCC1CN. The van der Waals surface area contributed by atoms with Gasteiger partial charge >= 0.3 is 0 Å². The Balaban J connectivity index is 1.99. The first kappa shape index (κ1) is 13.4. The van der Waals surface area contributed by atoms with Gasteiger partial charge in [-0.25, -0.2) is 0 Å². The molecule has 1 aliphatic rings. The van der Waals surface area contributed by atoms with Crippen molar-refractivity contribution in [3.05, 3.63) is 42.0 Å². The molecule has 0 radical (unpaired) electrons. The van der Waals surface area contributed by atoms with E-state index in [0.29, 0.717) is 18.3 Å². The molecule has 0 saturated carbocycles. The van der Waals surface area contributed by atoms with Crippen LogP contribution in [0.15, 0.2) is 36.4 Å². The number of benzene rings is 2. The minimum Gasteiger partial charge on any atom is -0.507 e. The highest BCUT2D eigenvalue weighted by Crippen LogP contribution is 2.37. The minimum absolute atomic E-state index is 0.204. The van der Waals surface area contributed by atoms with Crippen molar-refractivity contribution < 1.29 is 5.11 Å². The molecule has 2 aromatic carbocycles. The highest BCUT2D eigenvalue weighted by Gasteiger charge is 2.29. The number of phenols is 1. The van der Waals surface area contributed by atoms with Crippen molar-refractivity contribution >= 4 is 10.8 Å². The van der Waals surface area contributed by atoms with Gasteiger partial charge in [-0.15, -0.1) is 0 Å². The van der Waals surface area contributed by atoms with E-state index in [1.807, 2.05) is 30.3 Å². The summed E-state index contributed by atoms with van der Waals surface area (Å²) in [4.78, 5) is 2.42. The predicted molar refractivity (Wildman–Crippen MR) is 82.8 cm³/mol. The Morgan fingerprint density at radius 2 is 2.10 bits per heavy atom. The van der Waals surface area contributed by atoms with Crippen LogP contribution in [0.4, 0.5) is 0 Å². The van der Waals surface area contributed by atoms with Crippen molar-refractivity contribution in [1.29, 1.82) is 0 Å². The van der Waals surface area contributed by atoms with Crippen LogP contribution in [0.25, 0.3) is 10.8 Å². The van der Waals surface area contributed by atoms with Crippen LogP contribution < -0.4 is 5.73 Å². The second-order valence-corrected chi connectivity index (χ2v) is 5.67. The monoisotopic (exact) mass is 270 g/mol. The van der Waals surface area contributed by atoms with Crippen molar-refractivity contribution in [3.8, 4) is 5.75 Å². The number of nitrogens with zero attached hydrogens (tertiary/aromatic N) is 1. The van der Waals surface area contributed by atoms with E-state index in [1.165, 1.54) is 6.42 Å². The van der Waals surface area contributed by atoms with Gasteiger partial charge in [0.25, 0.3) is 0 Å². The summed E-state index contributed by atoms with van der Waals surface area (Å²) >= 11 is 0. The highest BCUT2D eigenvalue weighted by atomic mass is 16.3. The molecule has 1 saturated heterocycles. The molecule has 20 heavy (non-hydrogen) atoms. The summed E-state index contributed by atoms with van der Waals surface area (Å²) in [5.41, 5.74) is 6.87. The summed E-state index contributed by atoms with van der Waals surface area (Å²) in [5, 5.41) is 12.6. The van der Waals surface area contributed by atoms with Gasteiger partial charge in [-0.3, -0.25) is 4.90 Å². The second-order valence-electron chi connectivity index (χ2n) is 5.67. The number of fused-ring (bicyclic) bond motifs is 1. The molecule has 1 heterocycles. The van der Waals surface area contributed by atoms with Crippen molar-refractivity contribution in [2.75, 3.05) is 13.1 Å². The number of phenolic OH excluding ortho intramolecular Hbond substituents is 1. The zero-order valence-electron chi connectivity index (χ0n) is 11.9. The van der Waals surface area contributed by atoms with Gasteiger partial charge < -0.3 is 10.8 Å². The van der Waals surface area contributed by atoms with Crippen LogP contribution in [-0.4, -0.2) is 29.1 Å². The Hall–Kier alpha value is -1.58. The summed E-state index contributed by atoms with van der Waals surface area (Å²) < 4.78 is 0. The Morgan fingerprint density at radius 1 is 1.30 bits per heavy atom. The van der Waals surface area contributed by atoms with Crippen LogP contribution in [-0.2, 0) is 0 Å². The molecule has 0 aliphatic carbocycles. The van der Waals surface area contributed by atoms with Gasteiger partial charge in [-0.05, 0) is 31.7 Å². The topological polar surface area (TPSA) is 49.5 Å². The first-order valence-electron chi connectivity index (χ1n) is 7.39. The Kier molecular flexibility index (Phi) is 3.64. The lowest BCUT2D eigenvalue weighted by Crippen LogP contribution is -2.37. The fourth-order valence-electron chi connectivity index (χ4n) is 3.41. The average molecular weight is 270 g/mol.